The molecule has 0 N–H and O–H groups in total. The van der Waals surface area contributed by atoms with E-state index in [-0.39, 0.29) is 6.29 Å². The summed E-state index contributed by atoms with van der Waals surface area (Å²) in [4.78, 5) is 0. The predicted octanol–water partition coefficient (Wildman–Crippen LogP) is 1.66. The van der Waals surface area contributed by atoms with Gasteiger partial charge in [0, 0.05) is 11.6 Å². The van der Waals surface area contributed by atoms with Gasteiger partial charge in [-0.15, -0.1) is 0 Å². The summed E-state index contributed by atoms with van der Waals surface area (Å²) in [7, 11) is 1.63. The van der Waals surface area contributed by atoms with Gasteiger partial charge in [0.25, 0.3) is 0 Å². The topological polar surface area (TPSA) is 18.5 Å². The number of hydrogen-bond donors (Lipinski definition) is 0. The molecule has 0 radical (unpaired) electrons. The first-order chi connectivity index (χ1) is 4.34. The van der Waals surface area contributed by atoms with Crippen molar-refractivity contribution in [1.29, 1.82) is 0 Å². The molecule has 0 aromatic carbocycles. The molecule has 9 heavy (non-hydrogen) atoms. The van der Waals surface area contributed by atoms with Gasteiger partial charge in [-0.05, 0) is 6.42 Å². The number of ether oxygens (including phenoxy) is 2. The van der Waals surface area contributed by atoms with Crippen molar-refractivity contribution in [2.45, 2.75) is 12.7 Å². The molecular weight excluding hydrogens is 184 g/mol. The first-order valence-electron chi connectivity index (χ1n) is 2.84. The minimum atomic E-state index is -0.168. The second kappa shape index (κ2) is 3.34. The third-order valence-corrected chi connectivity index (χ3v) is 1.86. The zero-order valence-corrected chi connectivity index (χ0v) is 6.85. The summed E-state index contributed by atoms with van der Waals surface area (Å²) in [6.45, 7) is 0.758. The van der Waals surface area contributed by atoms with Gasteiger partial charge in [0.2, 0.25) is 0 Å². The number of methoxy groups -OCH3 is 1. The van der Waals surface area contributed by atoms with Gasteiger partial charge in [-0.25, -0.2) is 0 Å². The van der Waals surface area contributed by atoms with Crippen molar-refractivity contribution in [3.8, 4) is 0 Å². The smallest absolute Gasteiger partial charge is 0.189 e. The summed E-state index contributed by atoms with van der Waals surface area (Å²) in [6, 6.07) is 0. The Kier molecular flexibility index (Phi) is 2.69. The van der Waals surface area contributed by atoms with Crippen molar-refractivity contribution in [1.82, 2.24) is 0 Å². The van der Waals surface area contributed by atoms with Crippen LogP contribution in [0.4, 0.5) is 0 Å². The van der Waals surface area contributed by atoms with Gasteiger partial charge < -0.3 is 9.47 Å². The predicted molar refractivity (Wildman–Crippen MR) is 38.4 cm³/mol. The molecule has 52 valence electrons. The Morgan fingerprint density at radius 2 is 2.67 bits per heavy atom. The van der Waals surface area contributed by atoms with Crippen LogP contribution in [0, 0.1) is 0 Å². The quantitative estimate of drug-likeness (QED) is 0.630. The maximum atomic E-state index is 5.20. The van der Waals surface area contributed by atoms with Crippen molar-refractivity contribution in [2.24, 2.45) is 0 Å². The summed E-state index contributed by atoms with van der Waals surface area (Å²) in [6.07, 6.45) is 2.87. The molecule has 0 amide bonds. The lowest BCUT2D eigenvalue weighted by atomic mass is 10.3. The van der Waals surface area contributed by atoms with Crippen LogP contribution in [0.1, 0.15) is 6.42 Å². The molecule has 3 heteroatoms. The van der Waals surface area contributed by atoms with Crippen LogP contribution in [-0.2, 0) is 9.47 Å². The van der Waals surface area contributed by atoms with E-state index in [9.17, 15) is 0 Å². The molecule has 0 aromatic heterocycles. The second-order valence-electron chi connectivity index (χ2n) is 1.82. The number of halogens is 1. The van der Waals surface area contributed by atoms with Crippen LogP contribution >= 0.6 is 15.9 Å². The van der Waals surface area contributed by atoms with Gasteiger partial charge >= 0.3 is 0 Å². The summed E-state index contributed by atoms with van der Waals surface area (Å²) in [5.41, 5.74) is 0. The third-order valence-electron chi connectivity index (χ3n) is 1.17. The second-order valence-corrected chi connectivity index (χ2v) is 2.73. The molecule has 1 heterocycles. The van der Waals surface area contributed by atoms with Crippen molar-refractivity contribution in [3.05, 3.63) is 10.6 Å². The third kappa shape index (κ3) is 1.78. The molecule has 1 aliphatic rings. The molecule has 0 aromatic rings. The Morgan fingerprint density at radius 1 is 1.89 bits per heavy atom. The first-order valence-corrected chi connectivity index (χ1v) is 3.64. The molecule has 0 bridgehead atoms. The highest BCUT2D eigenvalue weighted by Gasteiger charge is 2.13. The molecule has 0 aliphatic carbocycles. The molecule has 1 atom stereocenters. The molecule has 0 fully saturated rings. The summed E-state index contributed by atoms with van der Waals surface area (Å²) < 4.78 is 11.2. The minimum Gasteiger partial charge on any atom is -0.351 e. The van der Waals surface area contributed by atoms with E-state index in [1.807, 2.05) is 0 Å². The Balaban J connectivity index is 2.50. The van der Waals surface area contributed by atoms with E-state index in [1.54, 1.807) is 7.11 Å². The van der Waals surface area contributed by atoms with E-state index in [0.717, 1.165) is 17.5 Å². The standard InChI is InChI=1S/C6H9BrO2/c1-8-6-5(7)3-2-4-9-6/h3,6H,2,4H2,1H3. The molecule has 1 aliphatic heterocycles. The Labute approximate surface area is 63.0 Å². The van der Waals surface area contributed by atoms with Crippen LogP contribution in [0.25, 0.3) is 0 Å². The van der Waals surface area contributed by atoms with Gasteiger partial charge in [0.05, 0.1) is 6.61 Å². The highest BCUT2D eigenvalue weighted by atomic mass is 79.9. The van der Waals surface area contributed by atoms with E-state index in [4.69, 9.17) is 9.47 Å². The molecule has 0 saturated carbocycles. The number of hydrogen-bond acceptors (Lipinski definition) is 2. The maximum absolute atomic E-state index is 5.20. The fourth-order valence-corrected chi connectivity index (χ4v) is 1.28. The Bertz CT molecular complexity index is 122. The first kappa shape index (κ1) is 7.25. The maximum Gasteiger partial charge on any atom is 0.189 e. The molecule has 1 rings (SSSR count). The fraction of sp³-hybridized carbons (Fsp3) is 0.667. The lowest BCUT2D eigenvalue weighted by Gasteiger charge is -2.18. The van der Waals surface area contributed by atoms with Crippen LogP contribution in [0.2, 0.25) is 0 Å². The Morgan fingerprint density at radius 3 is 3.11 bits per heavy atom. The van der Waals surface area contributed by atoms with Crippen molar-refractivity contribution < 1.29 is 9.47 Å². The van der Waals surface area contributed by atoms with Crippen molar-refractivity contribution >= 4 is 15.9 Å². The molecule has 0 spiro atoms. The average Bonchev–Trinajstić information content (AvgIpc) is 1.89. The van der Waals surface area contributed by atoms with Crippen LogP contribution in [0.3, 0.4) is 0 Å². The van der Waals surface area contributed by atoms with Crippen LogP contribution < -0.4 is 0 Å². The average molecular weight is 193 g/mol. The normalized spacial score (nSPS) is 27.8. The number of rotatable bonds is 1. The molecule has 0 saturated heterocycles. The SMILES string of the molecule is COC1OCCC=C1Br. The molecule has 1 unspecified atom stereocenters. The van der Waals surface area contributed by atoms with E-state index in [1.165, 1.54) is 0 Å². The van der Waals surface area contributed by atoms with E-state index in [2.05, 4.69) is 22.0 Å². The van der Waals surface area contributed by atoms with Gasteiger partial charge in [-0.3, -0.25) is 0 Å². The fourth-order valence-electron chi connectivity index (χ4n) is 0.728. The van der Waals surface area contributed by atoms with Crippen LogP contribution in [0.15, 0.2) is 10.6 Å². The van der Waals surface area contributed by atoms with Crippen molar-refractivity contribution in [2.75, 3.05) is 13.7 Å². The highest BCUT2D eigenvalue weighted by Crippen LogP contribution is 2.19. The van der Waals surface area contributed by atoms with Gasteiger partial charge in [0.15, 0.2) is 6.29 Å². The van der Waals surface area contributed by atoms with E-state index in [0.29, 0.717) is 0 Å². The van der Waals surface area contributed by atoms with Crippen molar-refractivity contribution in [3.63, 3.8) is 0 Å². The van der Waals surface area contributed by atoms with Gasteiger partial charge in [-0.1, -0.05) is 22.0 Å². The summed E-state index contributed by atoms with van der Waals surface area (Å²) in [5.74, 6) is 0. The monoisotopic (exact) mass is 192 g/mol. The van der Waals surface area contributed by atoms with Crippen LogP contribution in [-0.4, -0.2) is 20.0 Å². The van der Waals surface area contributed by atoms with E-state index < -0.39 is 0 Å². The van der Waals surface area contributed by atoms with Gasteiger partial charge in [0.1, 0.15) is 0 Å². The zero-order chi connectivity index (χ0) is 6.69. The Hall–Kier alpha value is 0.140. The lowest BCUT2D eigenvalue weighted by molar-refractivity contribution is -0.0967. The van der Waals surface area contributed by atoms with Crippen LogP contribution in [0.5, 0.6) is 0 Å². The highest BCUT2D eigenvalue weighted by molar-refractivity contribution is 9.11. The van der Waals surface area contributed by atoms with Gasteiger partial charge in [-0.2, -0.15) is 0 Å². The molecule has 2 nitrogen and oxygen atoms in total. The zero-order valence-electron chi connectivity index (χ0n) is 5.26. The molecular formula is C6H9BrO2. The summed E-state index contributed by atoms with van der Waals surface area (Å²) in [5, 5.41) is 0. The minimum absolute atomic E-state index is 0.168. The summed E-state index contributed by atoms with van der Waals surface area (Å²) >= 11 is 3.33. The lowest BCUT2D eigenvalue weighted by Crippen LogP contribution is -2.19. The van der Waals surface area contributed by atoms with E-state index >= 15 is 0 Å². The largest absolute Gasteiger partial charge is 0.351 e.